The number of rotatable bonds is 4. The van der Waals surface area contributed by atoms with Crippen molar-refractivity contribution in [1.29, 1.82) is 0 Å². The Morgan fingerprint density at radius 3 is 2.06 bits per heavy atom. The number of nitrogens with zero attached hydrogens (tertiary/aromatic N) is 2. The number of anilines is 1. The van der Waals surface area contributed by atoms with E-state index >= 15 is 0 Å². The van der Waals surface area contributed by atoms with Crippen molar-refractivity contribution in [2.24, 2.45) is 0 Å². The first-order valence-electron chi connectivity index (χ1n) is 10.2. The van der Waals surface area contributed by atoms with Crippen LogP contribution < -0.4 is 4.90 Å². The van der Waals surface area contributed by atoms with Gasteiger partial charge in [-0.05, 0) is 34.9 Å². The van der Waals surface area contributed by atoms with Crippen LogP contribution in [-0.4, -0.2) is 37.0 Å². The van der Waals surface area contributed by atoms with E-state index in [1.54, 1.807) is 11.0 Å². The summed E-state index contributed by atoms with van der Waals surface area (Å²) in [6, 6.07) is 23.4. The number of carbonyl (C=O) groups is 1. The van der Waals surface area contributed by atoms with Crippen LogP contribution >= 0.6 is 0 Å². The lowest BCUT2D eigenvalue weighted by atomic mass is 10.0. The van der Waals surface area contributed by atoms with Crippen molar-refractivity contribution in [2.45, 2.75) is 12.6 Å². The lowest BCUT2D eigenvalue weighted by Gasteiger charge is -2.36. The molecular weight excluding hydrogens is 401 g/mol. The van der Waals surface area contributed by atoms with Crippen LogP contribution in [0.1, 0.15) is 11.1 Å². The second kappa shape index (κ2) is 8.84. The van der Waals surface area contributed by atoms with Crippen molar-refractivity contribution < 1.29 is 18.0 Å². The Bertz CT molecular complexity index is 1020. The summed E-state index contributed by atoms with van der Waals surface area (Å²) in [4.78, 5) is 16.4. The molecule has 0 aliphatic carbocycles. The molecule has 6 heteroatoms. The normalized spacial score (nSPS) is 14.5. The maximum Gasteiger partial charge on any atom is 0.416 e. The number of alkyl halides is 3. The molecule has 0 N–H and O–H groups in total. The smallest absolute Gasteiger partial charge is 0.368 e. The topological polar surface area (TPSA) is 23.6 Å². The van der Waals surface area contributed by atoms with E-state index in [2.05, 4.69) is 0 Å². The van der Waals surface area contributed by atoms with Gasteiger partial charge in [-0.1, -0.05) is 60.7 Å². The molecule has 0 saturated carbocycles. The second-order valence-electron chi connectivity index (χ2n) is 7.66. The lowest BCUT2D eigenvalue weighted by molar-refractivity contribution is -0.137. The van der Waals surface area contributed by atoms with Gasteiger partial charge in [0.15, 0.2) is 0 Å². The number of halogens is 3. The highest BCUT2D eigenvalue weighted by molar-refractivity contribution is 5.79. The van der Waals surface area contributed by atoms with Gasteiger partial charge >= 0.3 is 6.18 Å². The van der Waals surface area contributed by atoms with E-state index in [0.717, 1.165) is 22.8 Å². The van der Waals surface area contributed by atoms with Crippen molar-refractivity contribution in [3.8, 4) is 11.1 Å². The molecule has 1 amide bonds. The molecule has 0 atom stereocenters. The van der Waals surface area contributed by atoms with Gasteiger partial charge in [0.2, 0.25) is 5.91 Å². The largest absolute Gasteiger partial charge is 0.416 e. The van der Waals surface area contributed by atoms with E-state index in [0.29, 0.717) is 38.3 Å². The van der Waals surface area contributed by atoms with Crippen molar-refractivity contribution in [3.05, 3.63) is 90.0 Å². The summed E-state index contributed by atoms with van der Waals surface area (Å²) < 4.78 is 38.9. The van der Waals surface area contributed by atoms with Crippen LogP contribution in [0.5, 0.6) is 0 Å². The van der Waals surface area contributed by atoms with Gasteiger partial charge in [-0.25, -0.2) is 0 Å². The molecule has 1 aliphatic heterocycles. The first-order chi connectivity index (χ1) is 14.9. The average molecular weight is 424 g/mol. The molecule has 1 fully saturated rings. The fourth-order valence-electron chi connectivity index (χ4n) is 3.83. The Morgan fingerprint density at radius 2 is 1.42 bits per heavy atom. The fourth-order valence-corrected chi connectivity index (χ4v) is 3.83. The Balaban J connectivity index is 1.33. The lowest BCUT2D eigenvalue weighted by Crippen LogP contribution is -2.49. The summed E-state index contributed by atoms with van der Waals surface area (Å²) in [5, 5.41) is 0. The predicted molar refractivity (Wildman–Crippen MR) is 116 cm³/mol. The molecule has 160 valence electrons. The van der Waals surface area contributed by atoms with E-state index in [4.69, 9.17) is 0 Å². The minimum atomic E-state index is -4.36. The molecule has 31 heavy (non-hydrogen) atoms. The van der Waals surface area contributed by atoms with E-state index < -0.39 is 11.7 Å². The molecule has 0 radical (unpaired) electrons. The van der Waals surface area contributed by atoms with Crippen LogP contribution in [0, 0.1) is 0 Å². The number of carbonyl (C=O) groups excluding carboxylic acids is 1. The highest BCUT2D eigenvalue weighted by atomic mass is 19.4. The SMILES string of the molecule is O=C(Cc1ccc(-c2ccccc2)cc1)N1CCN(c2cccc(C(F)(F)F)c2)CC1. The molecule has 0 unspecified atom stereocenters. The molecule has 3 nitrogen and oxygen atoms in total. The van der Waals surface area contributed by atoms with E-state index in [1.807, 2.05) is 59.5 Å². The monoisotopic (exact) mass is 424 g/mol. The summed E-state index contributed by atoms with van der Waals surface area (Å²) in [5.41, 5.74) is 3.07. The molecule has 3 aromatic rings. The van der Waals surface area contributed by atoms with Gasteiger partial charge < -0.3 is 9.80 Å². The zero-order chi connectivity index (χ0) is 21.8. The van der Waals surface area contributed by atoms with Crippen LogP contribution in [0.15, 0.2) is 78.9 Å². The Morgan fingerprint density at radius 1 is 0.774 bits per heavy atom. The Hall–Kier alpha value is -3.28. The number of benzene rings is 3. The molecule has 0 aromatic heterocycles. The Kier molecular flexibility index (Phi) is 5.98. The van der Waals surface area contributed by atoms with Crippen LogP contribution in [0.2, 0.25) is 0 Å². The predicted octanol–water partition coefficient (Wildman–Crippen LogP) is 5.26. The third-order valence-electron chi connectivity index (χ3n) is 5.59. The molecule has 0 spiro atoms. The quantitative estimate of drug-likeness (QED) is 0.570. The highest BCUT2D eigenvalue weighted by Crippen LogP contribution is 2.32. The average Bonchev–Trinajstić information content (AvgIpc) is 2.80. The maximum atomic E-state index is 13.0. The first-order valence-corrected chi connectivity index (χ1v) is 10.2. The zero-order valence-corrected chi connectivity index (χ0v) is 17.0. The van der Waals surface area contributed by atoms with Crippen LogP contribution in [-0.2, 0) is 17.4 Å². The second-order valence-corrected chi connectivity index (χ2v) is 7.66. The third kappa shape index (κ3) is 5.08. The van der Waals surface area contributed by atoms with E-state index in [9.17, 15) is 18.0 Å². The molecule has 0 bridgehead atoms. The molecule has 3 aromatic carbocycles. The minimum Gasteiger partial charge on any atom is -0.368 e. The molecular formula is C25H23F3N2O. The van der Waals surface area contributed by atoms with Crippen LogP contribution in [0.3, 0.4) is 0 Å². The van der Waals surface area contributed by atoms with Gasteiger partial charge in [0, 0.05) is 31.9 Å². The van der Waals surface area contributed by atoms with Gasteiger partial charge in [-0.15, -0.1) is 0 Å². The highest BCUT2D eigenvalue weighted by Gasteiger charge is 2.31. The van der Waals surface area contributed by atoms with Gasteiger partial charge in [-0.2, -0.15) is 13.2 Å². The third-order valence-corrected chi connectivity index (χ3v) is 5.59. The molecule has 1 heterocycles. The van der Waals surface area contributed by atoms with Crippen molar-refractivity contribution in [3.63, 3.8) is 0 Å². The van der Waals surface area contributed by atoms with Crippen molar-refractivity contribution >= 4 is 11.6 Å². The molecule has 1 aliphatic rings. The minimum absolute atomic E-state index is 0.0381. The standard InChI is InChI=1S/C25H23F3N2O/c26-25(27,28)22-7-4-8-23(18-22)29-13-15-30(16-14-29)24(31)17-19-9-11-21(12-10-19)20-5-2-1-3-6-20/h1-12,18H,13-17H2. The number of hydrogen-bond donors (Lipinski definition) is 0. The summed E-state index contributed by atoms with van der Waals surface area (Å²) in [5.74, 6) is 0.0381. The van der Waals surface area contributed by atoms with Gasteiger partial charge in [0.05, 0.1) is 12.0 Å². The molecule has 4 rings (SSSR count). The summed E-state index contributed by atoms with van der Waals surface area (Å²) in [6.07, 6.45) is -4.04. The van der Waals surface area contributed by atoms with Crippen molar-refractivity contribution in [2.75, 3.05) is 31.1 Å². The van der Waals surface area contributed by atoms with Crippen LogP contribution in [0.25, 0.3) is 11.1 Å². The van der Waals surface area contributed by atoms with E-state index in [-0.39, 0.29) is 5.91 Å². The van der Waals surface area contributed by atoms with Gasteiger partial charge in [-0.3, -0.25) is 4.79 Å². The van der Waals surface area contributed by atoms with Crippen molar-refractivity contribution in [1.82, 2.24) is 4.90 Å². The maximum absolute atomic E-state index is 13.0. The summed E-state index contributed by atoms with van der Waals surface area (Å²) in [6.45, 7) is 2.02. The number of amides is 1. The Labute approximate surface area is 179 Å². The first kappa shape index (κ1) is 21.0. The summed E-state index contributed by atoms with van der Waals surface area (Å²) >= 11 is 0. The van der Waals surface area contributed by atoms with Gasteiger partial charge in [0.25, 0.3) is 0 Å². The number of piperazine rings is 1. The molecule has 1 saturated heterocycles. The van der Waals surface area contributed by atoms with Gasteiger partial charge in [0.1, 0.15) is 0 Å². The van der Waals surface area contributed by atoms with E-state index in [1.165, 1.54) is 12.1 Å². The number of hydrogen-bond acceptors (Lipinski definition) is 2. The zero-order valence-electron chi connectivity index (χ0n) is 17.0. The summed E-state index contributed by atoms with van der Waals surface area (Å²) in [7, 11) is 0. The van der Waals surface area contributed by atoms with Crippen LogP contribution in [0.4, 0.5) is 18.9 Å². The fraction of sp³-hybridized carbons (Fsp3) is 0.240.